The summed E-state index contributed by atoms with van der Waals surface area (Å²) < 4.78 is 0. The van der Waals surface area contributed by atoms with Crippen LogP contribution in [0.15, 0.2) is 0 Å². The largest absolute Gasteiger partial charge is 0.394 e. The molecule has 0 radical (unpaired) electrons. The van der Waals surface area contributed by atoms with Crippen LogP contribution in [0, 0.1) is 0 Å². The monoisotopic (exact) mass is 254 g/mol. The van der Waals surface area contributed by atoms with E-state index in [4.69, 9.17) is 0 Å². The summed E-state index contributed by atoms with van der Waals surface area (Å²) in [7, 11) is 0. The second-order valence-corrected chi connectivity index (χ2v) is 5.90. The molecule has 0 aliphatic heterocycles. The van der Waals surface area contributed by atoms with Gasteiger partial charge in [-0.1, -0.05) is 32.1 Å². The topological polar surface area (TPSA) is 61.4 Å². The first-order chi connectivity index (χ1) is 8.74. The van der Waals surface area contributed by atoms with E-state index < -0.39 is 0 Å². The summed E-state index contributed by atoms with van der Waals surface area (Å²) in [5.41, 5.74) is -0.191. The highest BCUT2D eigenvalue weighted by atomic mass is 16.3. The Morgan fingerprint density at radius 1 is 1.11 bits per heavy atom. The summed E-state index contributed by atoms with van der Waals surface area (Å²) in [5, 5.41) is 15.8. The molecule has 104 valence electrons. The van der Waals surface area contributed by atoms with Crippen molar-refractivity contribution < 1.29 is 9.90 Å². The van der Waals surface area contributed by atoms with E-state index in [1.165, 1.54) is 19.3 Å². The van der Waals surface area contributed by atoms with Gasteiger partial charge in [-0.2, -0.15) is 0 Å². The maximum atomic E-state index is 11.9. The molecule has 1 amide bonds. The van der Waals surface area contributed by atoms with E-state index in [-0.39, 0.29) is 18.1 Å². The van der Waals surface area contributed by atoms with Crippen molar-refractivity contribution in [3.8, 4) is 0 Å². The summed E-state index contributed by atoms with van der Waals surface area (Å²) in [6.07, 6.45) is 10.3. The van der Waals surface area contributed by atoms with E-state index >= 15 is 0 Å². The zero-order chi connectivity index (χ0) is 12.8. The van der Waals surface area contributed by atoms with Crippen LogP contribution in [-0.2, 0) is 4.79 Å². The van der Waals surface area contributed by atoms with E-state index in [1.54, 1.807) is 0 Å². The number of nitrogens with one attached hydrogen (secondary N) is 2. The van der Waals surface area contributed by atoms with Crippen LogP contribution < -0.4 is 10.6 Å². The average molecular weight is 254 g/mol. The fourth-order valence-electron chi connectivity index (χ4n) is 3.24. The highest BCUT2D eigenvalue weighted by molar-refractivity contribution is 5.78. The minimum atomic E-state index is -0.191. The highest BCUT2D eigenvalue weighted by Crippen LogP contribution is 2.28. The molecule has 0 bridgehead atoms. The molecule has 0 atom stereocenters. The fraction of sp³-hybridized carbons (Fsp3) is 0.929. The first-order valence-electron chi connectivity index (χ1n) is 7.39. The Kier molecular flexibility index (Phi) is 5.01. The minimum Gasteiger partial charge on any atom is -0.394 e. The first kappa shape index (κ1) is 13.8. The lowest BCUT2D eigenvalue weighted by Gasteiger charge is -2.29. The first-order valence-corrected chi connectivity index (χ1v) is 7.39. The van der Waals surface area contributed by atoms with Crippen LogP contribution in [0.25, 0.3) is 0 Å². The molecule has 18 heavy (non-hydrogen) atoms. The summed E-state index contributed by atoms with van der Waals surface area (Å²) >= 11 is 0. The van der Waals surface area contributed by atoms with E-state index in [1.807, 2.05) is 0 Å². The van der Waals surface area contributed by atoms with Gasteiger partial charge in [0.15, 0.2) is 0 Å². The third-order valence-corrected chi connectivity index (χ3v) is 4.46. The van der Waals surface area contributed by atoms with Crippen molar-refractivity contribution in [1.82, 2.24) is 10.6 Å². The van der Waals surface area contributed by atoms with Gasteiger partial charge in [0.25, 0.3) is 0 Å². The number of hydrogen-bond acceptors (Lipinski definition) is 3. The molecule has 2 fully saturated rings. The van der Waals surface area contributed by atoms with Crippen molar-refractivity contribution in [2.24, 2.45) is 0 Å². The standard InChI is InChI=1S/C14H26N2O2/c17-11-14(8-4-5-9-14)15-10-13(18)16-12-6-2-1-3-7-12/h12,15,17H,1-11H2,(H,16,18). The third-order valence-electron chi connectivity index (χ3n) is 4.46. The normalized spacial score (nSPS) is 24.1. The van der Waals surface area contributed by atoms with Crippen LogP contribution in [0.1, 0.15) is 57.8 Å². The SMILES string of the molecule is O=C(CNC1(CO)CCCC1)NC1CCCCC1. The number of aliphatic hydroxyl groups excluding tert-OH is 1. The number of carbonyl (C=O) groups is 1. The molecule has 4 nitrogen and oxygen atoms in total. The predicted octanol–water partition coefficient (Wildman–Crippen LogP) is 1.33. The molecular weight excluding hydrogens is 228 g/mol. The van der Waals surface area contributed by atoms with Crippen LogP contribution in [0.4, 0.5) is 0 Å². The highest BCUT2D eigenvalue weighted by Gasteiger charge is 2.33. The Morgan fingerprint density at radius 3 is 2.39 bits per heavy atom. The Bertz CT molecular complexity index is 269. The van der Waals surface area contributed by atoms with Gasteiger partial charge in [0.2, 0.25) is 5.91 Å². The van der Waals surface area contributed by atoms with Crippen molar-refractivity contribution in [3.63, 3.8) is 0 Å². The molecule has 0 heterocycles. The molecule has 0 spiro atoms. The van der Waals surface area contributed by atoms with Gasteiger partial charge >= 0.3 is 0 Å². The van der Waals surface area contributed by atoms with Gasteiger partial charge < -0.3 is 15.7 Å². The van der Waals surface area contributed by atoms with Crippen molar-refractivity contribution in [2.45, 2.75) is 69.4 Å². The summed E-state index contributed by atoms with van der Waals surface area (Å²) in [5.74, 6) is 0.0848. The van der Waals surface area contributed by atoms with E-state index in [0.29, 0.717) is 12.6 Å². The molecule has 2 aliphatic rings. The van der Waals surface area contributed by atoms with Gasteiger partial charge in [-0.15, -0.1) is 0 Å². The zero-order valence-electron chi connectivity index (χ0n) is 11.2. The van der Waals surface area contributed by atoms with Gasteiger partial charge in [-0.25, -0.2) is 0 Å². The van der Waals surface area contributed by atoms with Gasteiger partial charge in [0, 0.05) is 11.6 Å². The number of aliphatic hydroxyl groups is 1. The number of hydrogen-bond donors (Lipinski definition) is 3. The van der Waals surface area contributed by atoms with Crippen LogP contribution >= 0.6 is 0 Å². The zero-order valence-corrected chi connectivity index (χ0v) is 11.2. The van der Waals surface area contributed by atoms with E-state index in [2.05, 4.69) is 10.6 Å². The van der Waals surface area contributed by atoms with Gasteiger partial charge in [0.05, 0.1) is 13.2 Å². The van der Waals surface area contributed by atoms with Crippen LogP contribution in [0.2, 0.25) is 0 Å². The summed E-state index contributed by atoms with van der Waals surface area (Å²) in [6, 6.07) is 0.377. The van der Waals surface area contributed by atoms with Gasteiger partial charge in [-0.05, 0) is 25.7 Å². The molecule has 0 aromatic carbocycles. The van der Waals surface area contributed by atoms with Crippen molar-refractivity contribution in [3.05, 3.63) is 0 Å². The van der Waals surface area contributed by atoms with Gasteiger partial charge in [-0.3, -0.25) is 4.79 Å². The summed E-state index contributed by atoms with van der Waals surface area (Å²) in [4.78, 5) is 11.9. The quantitative estimate of drug-likeness (QED) is 0.693. The van der Waals surface area contributed by atoms with E-state index in [0.717, 1.165) is 38.5 Å². The van der Waals surface area contributed by atoms with Crippen LogP contribution in [0.5, 0.6) is 0 Å². The Balaban J connectivity index is 1.70. The predicted molar refractivity (Wildman–Crippen MR) is 71.3 cm³/mol. The maximum Gasteiger partial charge on any atom is 0.234 e. The second-order valence-electron chi connectivity index (χ2n) is 5.90. The number of rotatable bonds is 5. The van der Waals surface area contributed by atoms with E-state index in [9.17, 15) is 9.90 Å². The molecule has 0 unspecified atom stereocenters. The lowest BCUT2D eigenvalue weighted by molar-refractivity contribution is -0.121. The molecule has 0 aromatic rings. The molecule has 3 N–H and O–H groups in total. The molecule has 2 aliphatic carbocycles. The molecule has 0 saturated heterocycles. The minimum absolute atomic E-state index is 0.0848. The maximum absolute atomic E-state index is 11.9. The smallest absolute Gasteiger partial charge is 0.234 e. The van der Waals surface area contributed by atoms with Crippen LogP contribution in [-0.4, -0.2) is 35.7 Å². The average Bonchev–Trinajstić information content (AvgIpc) is 2.87. The Labute approximate surface area is 110 Å². The van der Waals surface area contributed by atoms with Crippen molar-refractivity contribution >= 4 is 5.91 Å². The Morgan fingerprint density at radius 2 is 1.78 bits per heavy atom. The van der Waals surface area contributed by atoms with Gasteiger partial charge in [0.1, 0.15) is 0 Å². The lowest BCUT2D eigenvalue weighted by atomic mass is 9.95. The summed E-state index contributed by atoms with van der Waals surface area (Å²) in [6.45, 7) is 0.487. The molecule has 0 aromatic heterocycles. The molecule has 2 saturated carbocycles. The molecule has 2 rings (SSSR count). The third kappa shape index (κ3) is 3.69. The molecular formula is C14H26N2O2. The Hall–Kier alpha value is -0.610. The van der Waals surface area contributed by atoms with Crippen LogP contribution in [0.3, 0.4) is 0 Å². The second kappa shape index (κ2) is 6.53. The fourth-order valence-corrected chi connectivity index (χ4v) is 3.24. The molecule has 4 heteroatoms. The number of amides is 1. The van der Waals surface area contributed by atoms with Crippen molar-refractivity contribution in [1.29, 1.82) is 0 Å². The lowest BCUT2D eigenvalue weighted by Crippen LogP contribution is -2.51. The number of carbonyl (C=O) groups excluding carboxylic acids is 1. The van der Waals surface area contributed by atoms with Crippen molar-refractivity contribution in [2.75, 3.05) is 13.2 Å².